The molecule has 0 radical (unpaired) electrons. The van der Waals surface area contributed by atoms with E-state index in [4.69, 9.17) is 15.3 Å². The van der Waals surface area contributed by atoms with Gasteiger partial charge in [-0.25, -0.2) is 0 Å². The van der Waals surface area contributed by atoms with Gasteiger partial charge >= 0.3 is 17.9 Å². The Balaban J connectivity index is -0.000000498. The molecule has 39 heavy (non-hydrogen) atoms. The monoisotopic (exact) mass is 612 g/mol. The van der Waals surface area contributed by atoms with Gasteiger partial charge in [0.1, 0.15) is 0 Å². The van der Waals surface area contributed by atoms with Crippen LogP contribution in [0.15, 0.2) is 0 Å². The molecule has 0 aromatic carbocycles. The van der Waals surface area contributed by atoms with Crippen molar-refractivity contribution in [3.63, 3.8) is 0 Å². The predicted molar refractivity (Wildman–Crippen MR) is 175 cm³/mol. The van der Waals surface area contributed by atoms with Gasteiger partial charge in [-0.05, 0) is 49.5 Å². The molecule has 0 spiro atoms. The fourth-order valence-corrected chi connectivity index (χ4v) is 4.73. The van der Waals surface area contributed by atoms with Crippen molar-refractivity contribution >= 4 is 55.8 Å². The molecule has 234 valence electrons. The average molecular weight is 613 g/mol. The van der Waals surface area contributed by atoms with Gasteiger partial charge < -0.3 is 15.3 Å². The quantitative estimate of drug-likeness (QED) is 0.0507. The van der Waals surface area contributed by atoms with Gasteiger partial charge in [0.25, 0.3) is 0 Å². The lowest BCUT2D eigenvalue weighted by molar-refractivity contribution is -0.143. The summed E-state index contributed by atoms with van der Waals surface area (Å²) in [6.45, 7) is 8.72. The summed E-state index contributed by atoms with van der Waals surface area (Å²) in [6.07, 6.45) is 17.5. The van der Waals surface area contributed by atoms with Gasteiger partial charge in [0.2, 0.25) is 0 Å². The molecule has 6 nitrogen and oxygen atoms in total. The molecule has 3 unspecified atom stereocenters. The number of carboxylic acid groups (broad SMARTS) is 3. The molecule has 3 N–H and O–H groups in total. The number of thiol groups is 3. The Labute approximate surface area is 256 Å². The number of hydrogen-bond donors (Lipinski definition) is 6. The second-order valence-corrected chi connectivity index (χ2v) is 12.2. The molecule has 0 aromatic heterocycles. The molecular weight excluding hydrogens is 553 g/mol. The fraction of sp³-hybridized carbons (Fsp3) is 0.900. The highest BCUT2D eigenvalue weighted by Gasteiger charge is 2.16. The minimum Gasteiger partial charge on any atom is -0.481 e. The van der Waals surface area contributed by atoms with Crippen molar-refractivity contribution in [3.05, 3.63) is 0 Å². The van der Waals surface area contributed by atoms with E-state index in [0.717, 1.165) is 57.3 Å². The van der Waals surface area contributed by atoms with Gasteiger partial charge in [0.05, 0.1) is 17.1 Å². The molecule has 0 aliphatic heterocycles. The Hall–Kier alpha value is -0.540. The third-order valence-electron chi connectivity index (χ3n) is 6.51. The fourth-order valence-electron chi connectivity index (χ4n) is 3.92. The zero-order valence-corrected chi connectivity index (χ0v) is 27.8. The summed E-state index contributed by atoms with van der Waals surface area (Å²) in [5, 5.41) is 25.7. The van der Waals surface area contributed by atoms with E-state index in [-0.39, 0.29) is 11.8 Å². The number of carboxylic acids is 3. The summed E-state index contributed by atoms with van der Waals surface area (Å²) in [6, 6.07) is 0. The number of carbonyl (C=O) groups is 3. The molecule has 0 bridgehead atoms. The molecule has 0 saturated carbocycles. The molecule has 3 atom stereocenters. The van der Waals surface area contributed by atoms with E-state index in [1.165, 1.54) is 38.5 Å². The Kier molecular flexibility index (Phi) is 35.2. The van der Waals surface area contributed by atoms with Crippen LogP contribution in [-0.4, -0.2) is 50.0 Å². The molecule has 0 heterocycles. The van der Waals surface area contributed by atoms with Gasteiger partial charge in [-0.2, -0.15) is 37.9 Å². The van der Waals surface area contributed by atoms with Gasteiger partial charge in [0, 0.05) is 0 Å². The normalized spacial score (nSPS) is 12.9. The second-order valence-electron chi connectivity index (χ2n) is 10.7. The first-order valence-electron chi connectivity index (χ1n) is 15.1. The lowest BCUT2D eigenvalue weighted by Crippen LogP contribution is -2.14. The van der Waals surface area contributed by atoms with Crippen molar-refractivity contribution in [1.82, 2.24) is 0 Å². The zero-order chi connectivity index (χ0) is 30.5. The molecule has 0 fully saturated rings. The number of hydrogen-bond acceptors (Lipinski definition) is 6. The third-order valence-corrected chi connectivity index (χ3v) is 7.51. The smallest absolute Gasteiger partial charge is 0.316 e. The molecule has 0 amide bonds. The van der Waals surface area contributed by atoms with Crippen LogP contribution in [0, 0.1) is 17.8 Å². The van der Waals surface area contributed by atoms with Crippen molar-refractivity contribution in [2.75, 3.05) is 11.5 Å². The van der Waals surface area contributed by atoms with E-state index in [9.17, 15) is 14.4 Å². The Bertz CT molecular complexity index is 543. The molecular formula is C30H60O6S3. The Morgan fingerprint density at radius 1 is 0.538 bits per heavy atom. The largest absolute Gasteiger partial charge is 0.481 e. The van der Waals surface area contributed by atoms with Crippen LogP contribution in [0.2, 0.25) is 0 Å². The van der Waals surface area contributed by atoms with Crippen molar-refractivity contribution in [2.45, 2.75) is 142 Å². The first-order chi connectivity index (χ1) is 18.5. The molecule has 9 heteroatoms. The van der Waals surface area contributed by atoms with Gasteiger partial charge in [-0.1, -0.05) is 105 Å². The Morgan fingerprint density at radius 3 is 1.21 bits per heavy atom. The Morgan fingerprint density at radius 2 is 0.897 bits per heavy atom. The van der Waals surface area contributed by atoms with Gasteiger partial charge in [-0.15, -0.1) is 0 Å². The molecule has 0 aliphatic carbocycles. The summed E-state index contributed by atoms with van der Waals surface area (Å²) >= 11 is 12.1. The second kappa shape index (κ2) is 32.0. The highest BCUT2D eigenvalue weighted by Crippen LogP contribution is 2.16. The predicted octanol–water partition coefficient (Wildman–Crippen LogP) is 8.93. The van der Waals surface area contributed by atoms with Gasteiger partial charge in [-0.3, -0.25) is 14.4 Å². The number of unbranched alkanes of at least 4 members (excludes halogenated alkanes) is 8. The minimum absolute atomic E-state index is 0.172. The SMILES string of the molecule is CC(C)CCCCCC(S)C(=O)O.CCCCCCC(CCS)C(=O)O.CCCCCCC(CCS)C(=O)O. The van der Waals surface area contributed by atoms with Crippen molar-refractivity contribution < 1.29 is 29.7 Å². The standard InChI is InChI=1S/3C10H20O2S/c1-8(2)6-4-3-5-7-9(13)10(11)12;2*1-2-3-4-5-6-9(7-8-13)10(11)12/h8-9,13H,3-7H2,1-2H3,(H,11,12);2*9,13H,2-8H2,1H3,(H,11,12). The summed E-state index contributed by atoms with van der Waals surface area (Å²) < 4.78 is 0. The molecule has 0 aliphatic rings. The summed E-state index contributed by atoms with van der Waals surface area (Å²) in [7, 11) is 0. The van der Waals surface area contributed by atoms with E-state index in [1.54, 1.807) is 0 Å². The van der Waals surface area contributed by atoms with Crippen molar-refractivity contribution in [3.8, 4) is 0 Å². The minimum atomic E-state index is -0.799. The maximum absolute atomic E-state index is 10.7. The molecule has 0 aromatic rings. The van der Waals surface area contributed by atoms with E-state index in [0.29, 0.717) is 30.8 Å². The van der Waals surface area contributed by atoms with E-state index in [1.807, 2.05) is 0 Å². The van der Waals surface area contributed by atoms with Crippen LogP contribution < -0.4 is 0 Å². The van der Waals surface area contributed by atoms with Crippen molar-refractivity contribution in [1.29, 1.82) is 0 Å². The first-order valence-corrected chi connectivity index (χ1v) is 16.8. The average Bonchev–Trinajstić information content (AvgIpc) is 2.87. The lowest BCUT2D eigenvalue weighted by atomic mass is 9.98. The topological polar surface area (TPSA) is 112 Å². The maximum Gasteiger partial charge on any atom is 0.316 e. The maximum atomic E-state index is 10.7. The highest BCUT2D eigenvalue weighted by molar-refractivity contribution is 7.81. The van der Waals surface area contributed by atoms with Crippen LogP contribution in [0.1, 0.15) is 137 Å². The van der Waals surface area contributed by atoms with Crippen LogP contribution in [-0.2, 0) is 14.4 Å². The van der Waals surface area contributed by atoms with Crippen LogP contribution >= 0.6 is 37.9 Å². The van der Waals surface area contributed by atoms with Crippen molar-refractivity contribution in [2.24, 2.45) is 17.8 Å². The lowest BCUT2D eigenvalue weighted by Gasteiger charge is -2.09. The first kappa shape index (κ1) is 42.9. The molecule has 0 saturated heterocycles. The van der Waals surface area contributed by atoms with Crippen LogP contribution in [0.25, 0.3) is 0 Å². The molecule has 0 rings (SSSR count). The summed E-state index contributed by atoms with van der Waals surface area (Å²) in [5.74, 6) is -0.367. The zero-order valence-electron chi connectivity index (χ0n) is 25.2. The van der Waals surface area contributed by atoms with E-state index < -0.39 is 23.2 Å². The highest BCUT2D eigenvalue weighted by atomic mass is 32.1. The van der Waals surface area contributed by atoms with E-state index >= 15 is 0 Å². The summed E-state index contributed by atoms with van der Waals surface area (Å²) in [5.41, 5.74) is 0. The third kappa shape index (κ3) is 33.6. The summed E-state index contributed by atoms with van der Waals surface area (Å²) in [4.78, 5) is 31.8. The van der Waals surface area contributed by atoms with Crippen LogP contribution in [0.5, 0.6) is 0 Å². The number of aliphatic carboxylic acids is 3. The van der Waals surface area contributed by atoms with Gasteiger partial charge in [0.15, 0.2) is 0 Å². The number of rotatable bonds is 23. The van der Waals surface area contributed by atoms with Crippen LogP contribution in [0.3, 0.4) is 0 Å². The van der Waals surface area contributed by atoms with E-state index in [2.05, 4.69) is 65.6 Å². The van der Waals surface area contributed by atoms with Crippen LogP contribution in [0.4, 0.5) is 0 Å².